The fraction of sp³-hybridized carbons (Fsp3) is 0.429. The Balaban J connectivity index is 2.07. The van der Waals surface area contributed by atoms with Crippen molar-refractivity contribution in [1.29, 1.82) is 0 Å². The molecule has 0 fully saturated rings. The Bertz CT molecular complexity index is 988. The van der Waals surface area contributed by atoms with Gasteiger partial charge in [-0.25, -0.2) is 4.98 Å². The summed E-state index contributed by atoms with van der Waals surface area (Å²) in [7, 11) is 1.65. The second-order valence-corrected chi connectivity index (χ2v) is 8.02. The van der Waals surface area contributed by atoms with Crippen molar-refractivity contribution in [3.63, 3.8) is 0 Å². The molecule has 0 aliphatic carbocycles. The first-order valence-electron chi connectivity index (χ1n) is 9.53. The van der Waals surface area contributed by atoms with Crippen LogP contribution in [0.3, 0.4) is 0 Å². The molecule has 0 bridgehead atoms. The van der Waals surface area contributed by atoms with Crippen LogP contribution in [0.4, 0.5) is 11.8 Å². The number of rotatable bonds is 5. The zero-order valence-electron chi connectivity index (χ0n) is 17.4. The quantitative estimate of drug-likeness (QED) is 0.584. The van der Waals surface area contributed by atoms with Gasteiger partial charge in [0.05, 0.1) is 19.3 Å². The van der Waals surface area contributed by atoms with Crippen molar-refractivity contribution in [1.82, 2.24) is 15.0 Å². The first kappa shape index (κ1) is 21.0. The largest absolute Gasteiger partial charge is 0.496 e. The molecule has 0 radical (unpaired) electrons. The molecule has 0 spiro atoms. The number of fused-ring (bicyclic) bond motifs is 1. The fourth-order valence-corrected chi connectivity index (χ4v) is 3.71. The third-order valence-electron chi connectivity index (χ3n) is 4.97. The van der Waals surface area contributed by atoms with Gasteiger partial charge in [-0.3, -0.25) is 9.78 Å². The predicted molar refractivity (Wildman–Crippen MR) is 115 cm³/mol. The SMILES string of the molecule is COc1c(C)cnc(CN2C/C(=C\CC(C)C)C(=O)c3c(Cl)nc(N)nc32)c1C. The van der Waals surface area contributed by atoms with Crippen LogP contribution in [0.25, 0.3) is 0 Å². The summed E-state index contributed by atoms with van der Waals surface area (Å²) in [5, 5.41) is 0.0730. The van der Waals surface area contributed by atoms with E-state index in [0.717, 1.165) is 29.0 Å². The van der Waals surface area contributed by atoms with Crippen LogP contribution in [-0.4, -0.2) is 34.4 Å². The van der Waals surface area contributed by atoms with Crippen LogP contribution < -0.4 is 15.4 Å². The molecule has 1 aliphatic heterocycles. The lowest BCUT2D eigenvalue weighted by Gasteiger charge is -2.31. The average Bonchev–Trinajstić information content (AvgIpc) is 2.64. The number of hydrogen-bond donors (Lipinski definition) is 1. The van der Waals surface area contributed by atoms with E-state index in [1.54, 1.807) is 13.3 Å². The van der Waals surface area contributed by atoms with Gasteiger partial charge in [-0.05, 0) is 26.2 Å². The topological polar surface area (TPSA) is 94.2 Å². The molecule has 29 heavy (non-hydrogen) atoms. The lowest BCUT2D eigenvalue weighted by atomic mass is 9.96. The van der Waals surface area contributed by atoms with E-state index in [1.165, 1.54) is 0 Å². The number of ether oxygens (including phenoxy) is 1. The Hall–Kier alpha value is -2.67. The monoisotopic (exact) mass is 415 g/mol. The highest BCUT2D eigenvalue weighted by molar-refractivity contribution is 6.35. The molecular weight excluding hydrogens is 390 g/mol. The zero-order chi connectivity index (χ0) is 21.3. The number of anilines is 2. The van der Waals surface area contributed by atoms with Gasteiger partial charge in [0, 0.05) is 29.4 Å². The third kappa shape index (κ3) is 4.19. The van der Waals surface area contributed by atoms with Crippen LogP contribution in [0.5, 0.6) is 5.75 Å². The summed E-state index contributed by atoms with van der Waals surface area (Å²) in [6.45, 7) is 8.99. The highest BCUT2D eigenvalue weighted by atomic mass is 35.5. The summed E-state index contributed by atoms with van der Waals surface area (Å²) in [6, 6.07) is 0. The second-order valence-electron chi connectivity index (χ2n) is 7.66. The molecule has 7 nitrogen and oxygen atoms in total. The molecule has 0 amide bonds. The minimum absolute atomic E-state index is 0.0346. The first-order chi connectivity index (χ1) is 13.7. The maximum atomic E-state index is 13.0. The van der Waals surface area contributed by atoms with Gasteiger partial charge in [0.1, 0.15) is 22.3 Å². The Kier molecular flexibility index (Phi) is 6.07. The number of methoxy groups -OCH3 is 1. The van der Waals surface area contributed by atoms with Crippen LogP contribution in [0.15, 0.2) is 17.8 Å². The summed E-state index contributed by atoms with van der Waals surface area (Å²) in [6.07, 6.45) is 4.56. The third-order valence-corrected chi connectivity index (χ3v) is 5.24. The average molecular weight is 416 g/mol. The summed E-state index contributed by atoms with van der Waals surface area (Å²) in [4.78, 5) is 27.9. The fourth-order valence-electron chi connectivity index (χ4n) is 3.45. The maximum absolute atomic E-state index is 13.0. The summed E-state index contributed by atoms with van der Waals surface area (Å²) in [5.41, 5.74) is 9.54. The molecule has 0 aromatic carbocycles. The van der Waals surface area contributed by atoms with E-state index in [4.69, 9.17) is 22.1 Å². The molecule has 8 heteroatoms. The first-order valence-corrected chi connectivity index (χ1v) is 9.91. The van der Waals surface area contributed by atoms with Gasteiger partial charge in [-0.15, -0.1) is 0 Å². The highest BCUT2D eigenvalue weighted by Crippen LogP contribution is 2.35. The van der Waals surface area contributed by atoms with E-state index in [9.17, 15) is 4.79 Å². The van der Waals surface area contributed by atoms with Crippen LogP contribution in [-0.2, 0) is 6.54 Å². The Morgan fingerprint density at radius 3 is 2.72 bits per heavy atom. The lowest BCUT2D eigenvalue weighted by molar-refractivity contribution is 0.102. The summed E-state index contributed by atoms with van der Waals surface area (Å²) < 4.78 is 5.53. The molecule has 0 unspecified atom stereocenters. The molecule has 3 rings (SSSR count). The smallest absolute Gasteiger partial charge is 0.223 e. The molecule has 2 N–H and O–H groups in total. The minimum atomic E-state index is -0.145. The van der Waals surface area contributed by atoms with E-state index >= 15 is 0 Å². The number of aryl methyl sites for hydroxylation is 1. The Morgan fingerprint density at radius 1 is 1.34 bits per heavy atom. The van der Waals surface area contributed by atoms with Crippen molar-refractivity contribution in [2.24, 2.45) is 5.92 Å². The molecule has 2 aromatic rings. The summed E-state index contributed by atoms with van der Waals surface area (Å²) in [5.74, 6) is 1.57. The number of nitrogens with two attached hydrogens (primary N) is 1. The van der Waals surface area contributed by atoms with Gasteiger partial charge in [-0.2, -0.15) is 4.98 Å². The normalized spacial score (nSPS) is 15.2. The highest BCUT2D eigenvalue weighted by Gasteiger charge is 2.32. The maximum Gasteiger partial charge on any atom is 0.223 e. The number of Topliss-reactive ketones (excluding diaryl/α,β-unsaturated/α-hetero) is 1. The number of carbonyl (C=O) groups is 1. The molecule has 0 saturated heterocycles. The van der Waals surface area contributed by atoms with E-state index in [2.05, 4.69) is 28.8 Å². The molecule has 0 saturated carbocycles. The molecule has 2 aromatic heterocycles. The van der Waals surface area contributed by atoms with Crippen LogP contribution in [0, 0.1) is 19.8 Å². The number of hydrogen-bond acceptors (Lipinski definition) is 7. The molecular formula is C21H26ClN5O2. The van der Waals surface area contributed by atoms with E-state index in [0.29, 0.717) is 36.0 Å². The van der Waals surface area contributed by atoms with E-state index < -0.39 is 0 Å². The van der Waals surface area contributed by atoms with Gasteiger partial charge in [0.25, 0.3) is 0 Å². The molecule has 154 valence electrons. The van der Waals surface area contributed by atoms with Gasteiger partial charge in [0.15, 0.2) is 5.78 Å². The van der Waals surface area contributed by atoms with Gasteiger partial charge >= 0.3 is 0 Å². The van der Waals surface area contributed by atoms with Crippen molar-refractivity contribution in [3.8, 4) is 5.75 Å². The van der Waals surface area contributed by atoms with Crippen LogP contribution >= 0.6 is 11.6 Å². The Morgan fingerprint density at radius 2 is 2.07 bits per heavy atom. The van der Waals surface area contributed by atoms with Gasteiger partial charge in [-0.1, -0.05) is 31.5 Å². The predicted octanol–water partition coefficient (Wildman–Crippen LogP) is 3.91. The van der Waals surface area contributed by atoms with Crippen molar-refractivity contribution in [2.75, 3.05) is 24.3 Å². The number of nitrogen functional groups attached to an aromatic ring is 1. The number of nitrogens with zero attached hydrogens (tertiary/aromatic N) is 4. The lowest BCUT2D eigenvalue weighted by Crippen LogP contribution is -2.36. The zero-order valence-corrected chi connectivity index (χ0v) is 18.2. The number of pyridine rings is 1. The van der Waals surface area contributed by atoms with E-state index in [1.807, 2.05) is 24.8 Å². The molecule has 0 atom stereocenters. The number of allylic oxidation sites excluding steroid dienone is 1. The van der Waals surface area contributed by atoms with E-state index in [-0.39, 0.29) is 16.9 Å². The number of ketones is 1. The number of halogens is 1. The second kappa shape index (κ2) is 8.37. The minimum Gasteiger partial charge on any atom is -0.496 e. The molecule has 1 aliphatic rings. The van der Waals surface area contributed by atoms with Gasteiger partial charge < -0.3 is 15.4 Å². The number of carbonyl (C=O) groups excluding carboxylic acids is 1. The van der Waals surface area contributed by atoms with Crippen molar-refractivity contribution in [3.05, 3.63) is 45.4 Å². The van der Waals surface area contributed by atoms with Gasteiger partial charge in [0.2, 0.25) is 5.95 Å². The van der Waals surface area contributed by atoms with Crippen molar-refractivity contribution < 1.29 is 9.53 Å². The summed E-state index contributed by atoms with van der Waals surface area (Å²) >= 11 is 6.30. The van der Waals surface area contributed by atoms with Crippen molar-refractivity contribution in [2.45, 2.75) is 40.7 Å². The van der Waals surface area contributed by atoms with Crippen LogP contribution in [0.2, 0.25) is 5.15 Å². The van der Waals surface area contributed by atoms with Crippen LogP contribution in [0.1, 0.15) is 47.4 Å². The molecule has 3 heterocycles. The number of aromatic nitrogens is 3. The Labute approximate surface area is 176 Å². The standard InChI is InChI=1S/C21H26ClN5O2/c1-11(2)6-7-14-9-27(10-15-13(4)18(29-5)12(3)8-24-15)20-16(17(14)28)19(22)25-21(23)26-20/h7-8,11H,6,9-10H2,1-5H3,(H2,23,25,26)/b14-7+. The van der Waals surface area contributed by atoms with Crippen molar-refractivity contribution >= 4 is 29.2 Å².